The molecule has 1 N–H and O–H groups in total. The summed E-state index contributed by atoms with van der Waals surface area (Å²) < 4.78 is 0. The summed E-state index contributed by atoms with van der Waals surface area (Å²) in [5.74, 6) is 0.949. The molecule has 14 heavy (non-hydrogen) atoms. The van der Waals surface area contributed by atoms with Crippen molar-refractivity contribution < 1.29 is 9.90 Å². The van der Waals surface area contributed by atoms with Crippen molar-refractivity contribution in [2.24, 2.45) is 5.92 Å². The summed E-state index contributed by atoms with van der Waals surface area (Å²) in [6, 6.07) is 0.000664. The maximum Gasteiger partial charge on any atom is 0.223 e. The topological polar surface area (TPSA) is 40.5 Å². The van der Waals surface area contributed by atoms with Crippen molar-refractivity contribution in [2.45, 2.75) is 32.2 Å². The van der Waals surface area contributed by atoms with E-state index in [1.165, 1.54) is 0 Å². The van der Waals surface area contributed by atoms with Gasteiger partial charge in [0.2, 0.25) is 5.91 Å². The van der Waals surface area contributed by atoms with Gasteiger partial charge in [-0.15, -0.1) is 11.6 Å². The first-order chi connectivity index (χ1) is 6.72. The molecule has 3 nitrogen and oxygen atoms in total. The lowest BCUT2D eigenvalue weighted by atomic mass is 10.1. The molecule has 0 aromatic heterocycles. The number of aliphatic hydroxyl groups excluding tert-OH is 1. The molecule has 1 fully saturated rings. The SMILES string of the molecule is CCCC(CO)N1CC(CCl)CC1=O. The van der Waals surface area contributed by atoms with Gasteiger partial charge in [-0.05, 0) is 12.3 Å². The molecule has 1 heterocycles. The minimum absolute atomic E-state index is 0.000664. The quantitative estimate of drug-likeness (QED) is 0.707. The van der Waals surface area contributed by atoms with Gasteiger partial charge in [-0.2, -0.15) is 0 Å². The number of likely N-dealkylation sites (tertiary alicyclic amines) is 1. The van der Waals surface area contributed by atoms with E-state index in [0.29, 0.717) is 18.8 Å². The lowest BCUT2D eigenvalue weighted by Gasteiger charge is -2.26. The number of hydrogen-bond acceptors (Lipinski definition) is 2. The zero-order valence-electron chi connectivity index (χ0n) is 8.58. The second kappa shape index (κ2) is 5.56. The highest BCUT2D eigenvalue weighted by Crippen LogP contribution is 2.22. The number of aliphatic hydroxyl groups is 1. The molecular weight excluding hydrogens is 202 g/mol. The van der Waals surface area contributed by atoms with Gasteiger partial charge in [0.15, 0.2) is 0 Å². The maximum absolute atomic E-state index is 11.6. The Kier molecular flexibility index (Phi) is 4.69. The van der Waals surface area contributed by atoms with Crippen LogP contribution in [0.4, 0.5) is 0 Å². The van der Waals surface area contributed by atoms with E-state index in [4.69, 9.17) is 16.7 Å². The third kappa shape index (κ3) is 2.61. The molecule has 1 aliphatic heterocycles. The van der Waals surface area contributed by atoms with Crippen LogP contribution in [0.3, 0.4) is 0 Å². The zero-order chi connectivity index (χ0) is 10.6. The fourth-order valence-corrected chi connectivity index (χ4v) is 2.15. The number of halogens is 1. The summed E-state index contributed by atoms with van der Waals surface area (Å²) >= 11 is 5.72. The average Bonchev–Trinajstić information content (AvgIpc) is 2.56. The van der Waals surface area contributed by atoms with E-state index >= 15 is 0 Å². The lowest BCUT2D eigenvalue weighted by molar-refractivity contribution is -0.130. The summed E-state index contributed by atoms with van der Waals surface area (Å²) in [5.41, 5.74) is 0. The first-order valence-corrected chi connectivity index (χ1v) is 5.72. The molecule has 2 atom stereocenters. The van der Waals surface area contributed by atoms with Gasteiger partial charge in [-0.25, -0.2) is 0 Å². The van der Waals surface area contributed by atoms with Crippen molar-refractivity contribution in [3.05, 3.63) is 0 Å². The Hall–Kier alpha value is -0.280. The average molecular weight is 220 g/mol. The Labute approximate surface area is 90.0 Å². The van der Waals surface area contributed by atoms with Gasteiger partial charge in [0.05, 0.1) is 12.6 Å². The standard InChI is InChI=1S/C10H18ClNO2/c1-2-3-9(7-13)12-6-8(5-11)4-10(12)14/h8-9,13H,2-7H2,1H3. The number of amides is 1. The smallest absolute Gasteiger partial charge is 0.223 e. The molecule has 0 radical (unpaired) electrons. The second-order valence-corrected chi connectivity index (χ2v) is 4.20. The first-order valence-electron chi connectivity index (χ1n) is 5.19. The zero-order valence-corrected chi connectivity index (χ0v) is 9.33. The van der Waals surface area contributed by atoms with Crippen molar-refractivity contribution in [2.75, 3.05) is 19.0 Å². The Morgan fingerprint density at radius 3 is 2.86 bits per heavy atom. The van der Waals surface area contributed by atoms with Gasteiger partial charge >= 0.3 is 0 Å². The van der Waals surface area contributed by atoms with Crippen molar-refractivity contribution in [3.63, 3.8) is 0 Å². The fraction of sp³-hybridized carbons (Fsp3) is 0.900. The molecular formula is C10H18ClNO2. The van der Waals surface area contributed by atoms with Crippen molar-refractivity contribution >= 4 is 17.5 Å². The summed E-state index contributed by atoms with van der Waals surface area (Å²) in [5, 5.41) is 9.17. The summed E-state index contributed by atoms with van der Waals surface area (Å²) in [7, 11) is 0. The molecule has 0 spiro atoms. The highest BCUT2D eigenvalue weighted by Gasteiger charge is 2.32. The third-order valence-corrected chi connectivity index (χ3v) is 3.17. The Morgan fingerprint density at radius 2 is 2.43 bits per heavy atom. The van der Waals surface area contributed by atoms with E-state index in [1.54, 1.807) is 4.90 Å². The molecule has 82 valence electrons. The molecule has 1 saturated heterocycles. The number of hydrogen-bond donors (Lipinski definition) is 1. The molecule has 1 amide bonds. The number of alkyl halides is 1. The van der Waals surface area contributed by atoms with Crippen LogP contribution in [0.25, 0.3) is 0 Å². The van der Waals surface area contributed by atoms with Crippen molar-refractivity contribution in [1.82, 2.24) is 4.90 Å². The largest absolute Gasteiger partial charge is 0.394 e. The van der Waals surface area contributed by atoms with E-state index in [1.807, 2.05) is 0 Å². The predicted molar refractivity (Wildman–Crippen MR) is 56.3 cm³/mol. The maximum atomic E-state index is 11.6. The van der Waals surface area contributed by atoms with Crippen LogP contribution in [0.1, 0.15) is 26.2 Å². The summed E-state index contributed by atoms with van der Waals surface area (Å²) in [4.78, 5) is 13.4. The Morgan fingerprint density at radius 1 is 1.71 bits per heavy atom. The van der Waals surface area contributed by atoms with E-state index in [-0.39, 0.29) is 24.5 Å². The number of carbonyl (C=O) groups is 1. The minimum atomic E-state index is 0.000664. The van der Waals surface area contributed by atoms with Gasteiger partial charge in [-0.1, -0.05) is 13.3 Å². The summed E-state index contributed by atoms with van der Waals surface area (Å²) in [6.07, 6.45) is 2.40. The van der Waals surface area contributed by atoms with Gasteiger partial charge in [0.25, 0.3) is 0 Å². The molecule has 4 heteroatoms. The van der Waals surface area contributed by atoms with E-state index in [2.05, 4.69) is 6.92 Å². The molecule has 0 saturated carbocycles. The monoisotopic (exact) mass is 219 g/mol. The predicted octanol–water partition coefficient (Wildman–Crippen LogP) is 1.23. The Bertz CT molecular complexity index is 199. The van der Waals surface area contributed by atoms with E-state index in [9.17, 15) is 4.79 Å². The molecule has 0 aliphatic carbocycles. The van der Waals surface area contributed by atoms with Crippen LogP contribution in [-0.4, -0.2) is 41.0 Å². The third-order valence-electron chi connectivity index (χ3n) is 2.73. The van der Waals surface area contributed by atoms with Crippen LogP contribution in [0, 0.1) is 5.92 Å². The summed E-state index contributed by atoms with van der Waals surface area (Å²) in [6.45, 7) is 2.84. The normalized spacial score (nSPS) is 24.4. The van der Waals surface area contributed by atoms with Crippen molar-refractivity contribution in [1.29, 1.82) is 0 Å². The Balaban J connectivity index is 2.53. The van der Waals surface area contributed by atoms with Crippen LogP contribution < -0.4 is 0 Å². The lowest BCUT2D eigenvalue weighted by Crippen LogP contribution is -2.39. The fourth-order valence-electron chi connectivity index (χ4n) is 1.94. The van der Waals surface area contributed by atoms with Crippen LogP contribution in [0.2, 0.25) is 0 Å². The van der Waals surface area contributed by atoms with Crippen LogP contribution >= 0.6 is 11.6 Å². The number of carbonyl (C=O) groups excluding carboxylic acids is 1. The van der Waals surface area contributed by atoms with Gasteiger partial charge < -0.3 is 10.0 Å². The molecule has 1 rings (SSSR count). The molecule has 1 aliphatic rings. The van der Waals surface area contributed by atoms with Gasteiger partial charge in [0.1, 0.15) is 0 Å². The van der Waals surface area contributed by atoms with Crippen LogP contribution in [0.5, 0.6) is 0 Å². The molecule has 0 aromatic carbocycles. The number of rotatable bonds is 5. The molecule has 0 bridgehead atoms. The highest BCUT2D eigenvalue weighted by molar-refractivity contribution is 6.18. The minimum Gasteiger partial charge on any atom is -0.394 e. The van der Waals surface area contributed by atoms with E-state index in [0.717, 1.165) is 12.8 Å². The van der Waals surface area contributed by atoms with E-state index < -0.39 is 0 Å². The van der Waals surface area contributed by atoms with Gasteiger partial charge in [0, 0.05) is 18.8 Å². The van der Waals surface area contributed by atoms with Crippen LogP contribution in [0.15, 0.2) is 0 Å². The first kappa shape index (κ1) is 11.8. The van der Waals surface area contributed by atoms with Crippen molar-refractivity contribution in [3.8, 4) is 0 Å². The van der Waals surface area contributed by atoms with Gasteiger partial charge in [-0.3, -0.25) is 4.79 Å². The molecule has 0 aromatic rings. The molecule has 2 unspecified atom stereocenters. The number of nitrogens with zero attached hydrogens (tertiary/aromatic N) is 1. The second-order valence-electron chi connectivity index (χ2n) is 3.90. The highest BCUT2D eigenvalue weighted by atomic mass is 35.5. The van der Waals surface area contributed by atoms with Crippen LogP contribution in [-0.2, 0) is 4.79 Å².